The topological polar surface area (TPSA) is 82.8 Å². The van der Waals surface area contributed by atoms with E-state index in [0.717, 1.165) is 48.1 Å². The molecule has 0 radical (unpaired) electrons. The molecular formula is C22H31N5O2. The number of benzene rings is 1. The van der Waals surface area contributed by atoms with Gasteiger partial charge in [-0.2, -0.15) is 0 Å². The molecule has 2 aromatic rings. The fourth-order valence-corrected chi connectivity index (χ4v) is 3.30. The predicted octanol–water partition coefficient (Wildman–Crippen LogP) is 3.18. The van der Waals surface area contributed by atoms with E-state index in [0.29, 0.717) is 32.0 Å². The second kappa shape index (κ2) is 10.1. The van der Waals surface area contributed by atoms with Gasteiger partial charge >= 0.3 is 0 Å². The summed E-state index contributed by atoms with van der Waals surface area (Å²) in [6, 6.07) is 10.2. The number of nitrogens with zero attached hydrogens (tertiary/aromatic N) is 3. The zero-order valence-electron chi connectivity index (χ0n) is 17.6. The van der Waals surface area contributed by atoms with Crippen LogP contribution in [0.25, 0.3) is 0 Å². The number of carbonyl (C=O) groups is 1. The van der Waals surface area contributed by atoms with E-state index in [1.165, 1.54) is 0 Å². The average molecular weight is 398 g/mol. The minimum Gasteiger partial charge on any atom is -0.359 e. The minimum atomic E-state index is 0.242. The van der Waals surface area contributed by atoms with Crippen molar-refractivity contribution in [2.45, 2.75) is 59.2 Å². The molecule has 0 atom stereocenters. The van der Waals surface area contributed by atoms with Crippen molar-refractivity contribution < 1.29 is 9.32 Å². The predicted molar refractivity (Wildman–Crippen MR) is 113 cm³/mol. The van der Waals surface area contributed by atoms with Crippen LogP contribution in [0.3, 0.4) is 0 Å². The molecule has 1 aromatic heterocycles. The lowest BCUT2D eigenvalue weighted by molar-refractivity contribution is -0.128. The highest BCUT2D eigenvalue weighted by molar-refractivity contribution is 5.79. The molecule has 1 aromatic carbocycles. The molecule has 1 aliphatic heterocycles. The van der Waals surface area contributed by atoms with Crippen molar-refractivity contribution in [3.63, 3.8) is 0 Å². The van der Waals surface area contributed by atoms with Crippen LogP contribution in [0, 0.1) is 0 Å². The highest BCUT2D eigenvalue weighted by atomic mass is 16.5. The van der Waals surface area contributed by atoms with E-state index in [1.807, 2.05) is 30.0 Å². The van der Waals surface area contributed by atoms with Crippen LogP contribution < -0.4 is 10.6 Å². The minimum absolute atomic E-state index is 0.242. The first-order valence-electron chi connectivity index (χ1n) is 10.4. The summed E-state index contributed by atoms with van der Waals surface area (Å²) in [5, 5.41) is 10.7. The third-order valence-electron chi connectivity index (χ3n) is 5.00. The number of likely N-dealkylation sites (tertiary alicyclic amines) is 1. The largest absolute Gasteiger partial charge is 0.359 e. The summed E-state index contributed by atoms with van der Waals surface area (Å²) >= 11 is 0. The van der Waals surface area contributed by atoms with Gasteiger partial charge in [-0.1, -0.05) is 43.3 Å². The molecule has 1 fully saturated rings. The number of hydrogen-bond donors (Lipinski definition) is 2. The molecule has 29 heavy (non-hydrogen) atoms. The van der Waals surface area contributed by atoms with Crippen LogP contribution in [0.1, 0.15) is 62.1 Å². The number of hydrogen-bond acceptors (Lipinski definition) is 4. The number of guanidine groups is 1. The Labute approximate surface area is 172 Å². The number of aromatic nitrogens is 1. The van der Waals surface area contributed by atoms with Crippen molar-refractivity contribution >= 4 is 11.9 Å². The number of nitrogens with one attached hydrogen (secondary N) is 2. The van der Waals surface area contributed by atoms with Gasteiger partial charge in [-0.25, -0.2) is 4.99 Å². The highest BCUT2D eigenvalue weighted by Crippen LogP contribution is 2.18. The summed E-state index contributed by atoms with van der Waals surface area (Å²) in [5.74, 6) is 2.09. The van der Waals surface area contributed by atoms with Gasteiger partial charge in [0, 0.05) is 32.1 Å². The van der Waals surface area contributed by atoms with Gasteiger partial charge in [0.15, 0.2) is 11.7 Å². The second-order valence-electron chi connectivity index (χ2n) is 7.61. The zero-order valence-corrected chi connectivity index (χ0v) is 17.6. The van der Waals surface area contributed by atoms with E-state index in [-0.39, 0.29) is 5.91 Å². The molecule has 7 nitrogen and oxygen atoms in total. The molecule has 0 bridgehead atoms. The summed E-state index contributed by atoms with van der Waals surface area (Å²) in [5.41, 5.74) is 3.24. The fraction of sp³-hybridized carbons (Fsp3) is 0.500. The molecule has 0 unspecified atom stereocenters. The molecular weight excluding hydrogens is 366 g/mol. The molecule has 1 amide bonds. The lowest BCUT2D eigenvalue weighted by atomic mass is 10.1. The number of amides is 1. The first kappa shape index (κ1) is 20.9. The molecule has 1 saturated heterocycles. The van der Waals surface area contributed by atoms with Crippen LogP contribution in [0.15, 0.2) is 39.8 Å². The maximum atomic E-state index is 12.0. The van der Waals surface area contributed by atoms with Crippen LogP contribution in [0.5, 0.6) is 0 Å². The van der Waals surface area contributed by atoms with Gasteiger partial charge in [0.25, 0.3) is 0 Å². The van der Waals surface area contributed by atoms with Gasteiger partial charge in [0.1, 0.15) is 0 Å². The van der Waals surface area contributed by atoms with Gasteiger partial charge in [-0.3, -0.25) is 4.79 Å². The second-order valence-corrected chi connectivity index (χ2v) is 7.61. The van der Waals surface area contributed by atoms with Crippen molar-refractivity contribution in [3.8, 4) is 0 Å². The molecule has 0 saturated carbocycles. The number of rotatable bonds is 8. The lowest BCUT2D eigenvalue weighted by Gasteiger charge is -2.18. The molecule has 2 heterocycles. The molecule has 0 spiro atoms. The standard InChI is InChI=1S/C22H31N5O2/c1-4-23-22(25-14-19-12-20(16(2)3)26-29-19)24-13-17-8-5-6-9-18(17)15-27-11-7-10-21(27)28/h5-6,8-9,12,16H,4,7,10-11,13-15H2,1-3H3,(H2,23,24,25). The van der Waals surface area contributed by atoms with E-state index >= 15 is 0 Å². The van der Waals surface area contributed by atoms with E-state index in [2.05, 4.69) is 41.8 Å². The molecule has 3 rings (SSSR count). The van der Waals surface area contributed by atoms with Crippen molar-refractivity contribution in [3.05, 3.63) is 52.9 Å². The van der Waals surface area contributed by atoms with Crippen molar-refractivity contribution in [1.29, 1.82) is 0 Å². The van der Waals surface area contributed by atoms with E-state index in [4.69, 9.17) is 9.52 Å². The van der Waals surface area contributed by atoms with Gasteiger partial charge in [0.05, 0.1) is 18.8 Å². The van der Waals surface area contributed by atoms with Crippen LogP contribution >= 0.6 is 0 Å². The molecule has 2 N–H and O–H groups in total. The first-order chi connectivity index (χ1) is 14.1. The monoisotopic (exact) mass is 397 g/mol. The Morgan fingerprint density at radius 3 is 2.72 bits per heavy atom. The number of aliphatic imine (C=N–C) groups is 1. The van der Waals surface area contributed by atoms with Crippen LogP contribution in [-0.2, 0) is 24.4 Å². The SMILES string of the molecule is CCNC(=NCc1ccccc1CN1CCCC1=O)NCc1cc(C(C)C)no1. The molecule has 0 aliphatic carbocycles. The molecule has 7 heteroatoms. The maximum Gasteiger partial charge on any atom is 0.222 e. The summed E-state index contributed by atoms with van der Waals surface area (Å²) in [6.07, 6.45) is 1.61. The van der Waals surface area contributed by atoms with Crippen LogP contribution in [0.2, 0.25) is 0 Å². The van der Waals surface area contributed by atoms with E-state index < -0.39 is 0 Å². The maximum absolute atomic E-state index is 12.0. The Morgan fingerprint density at radius 2 is 2.07 bits per heavy atom. The summed E-state index contributed by atoms with van der Waals surface area (Å²) < 4.78 is 5.39. The average Bonchev–Trinajstić information content (AvgIpc) is 3.34. The van der Waals surface area contributed by atoms with Crippen molar-refractivity contribution in [2.24, 2.45) is 4.99 Å². The van der Waals surface area contributed by atoms with Gasteiger partial charge in [0.2, 0.25) is 5.91 Å². The fourth-order valence-electron chi connectivity index (χ4n) is 3.30. The Kier molecular flexibility index (Phi) is 7.27. The molecule has 156 valence electrons. The Morgan fingerprint density at radius 1 is 1.28 bits per heavy atom. The summed E-state index contributed by atoms with van der Waals surface area (Å²) in [7, 11) is 0. The Balaban J connectivity index is 1.64. The third-order valence-corrected chi connectivity index (χ3v) is 5.00. The van der Waals surface area contributed by atoms with E-state index in [9.17, 15) is 4.79 Å². The van der Waals surface area contributed by atoms with Crippen molar-refractivity contribution in [1.82, 2.24) is 20.7 Å². The lowest BCUT2D eigenvalue weighted by Crippen LogP contribution is -2.36. The van der Waals surface area contributed by atoms with E-state index in [1.54, 1.807) is 0 Å². The summed E-state index contributed by atoms with van der Waals surface area (Å²) in [6.45, 7) is 9.55. The Bertz CT molecular complexity index is 843. The number of carbonyl (C=O) groups excluding carboxylic acids is 1. The first-order valence-corrected chi connectivity index (χ1v) is 10.4. The van der Waals surface area contributed by atoms with Crippen molar-refractivity contribution in [2.75, 3.05) is 13.1 Å². The Hall–Kier alpha value is -2.83. The van der Waals surface area contributed by atoms with Crippen LogP contribution in [-0.4, -0.2) is 35.0 Å². The smallest absolute Gasteiger partial charge is 0.222 e. The van der Waals surface area contributed by atoms with Gasteiger partial charge in [-0.05, 0) is 30.4 Å². The molecule has 1 aliphatic rings. The zero-order chi connectivity index (χ0) is 20.6. The normalized spacial score (nSPS) is 14.7. The van der Waals surface area contributed by atoms with Crippen LogP contribution in [0.4, 0.5) is 0 Å². The quantitative estimate of drug-likeness (QED) is 0.528. The van der Waals surface area contributed by atoms with Gasteiger partial charge < -0.3 is 20.1 Å². The summed E-state index contributed by atoms with van der Waals surface area (Å²) in [4.78, 5) is 18.6. The van der Waals surface area contributed by atoms with Gasteiger partial charge in [-0.15, -0.1) is 0 Å². The highest BCUT2D eigenvalue weighted by Gasteiger charge is 2.20. The third kappa shape index (κ3) is 5.82.